The zero-order valence-electron chi connectivity index (χ0n) is 20.4. The molecule has 4 aromatic rings. The minimum absolute atomic E-state index is 0.623. The van der Waals surface area contributed by atoms with Crippen LogP contribution in [0.2, 0.25) is 0 Å². The number of nitrogens with zero attached hydrogens (tertiary/aromatic N) is 1. The second-order valence-corrected chi connectivity index (χ2v) is 11.1. The molecule has 0 saturated heterocycles. The van der Waals surface area contributed by atoms with Gasteiger partial charge in [-0.15, -0.1) is 11.3 Å². The Morgan fingerprint density at radius 2 is 1.97 bits per heavy atom. The van der Waals surface area contributed by atoms with E-state index < -0.39 is 17.7 Å². The van der Waals surface area contributed by atoms with Gasteiger partial charge in [-0.3, -0.25) is 4.98 Å². The van der Waals surface area contributed by atoms with Gasteiger partial charge < -0.3 is 14.6 Å². The van der Waals surface area contributed by atoms with Crippen LogP contribution in [0.15, 0.2) is 54.7 Å². The predicted molar refractivity (Wildman–Crippen MR) is 140 cm³/mol. The van der Waals surface area contributed by atoms with Crippen molar-refractivity contribution in [2.75, 3.05) is 6.61 Å². The molecule has 1 N–H and O–H groups in total. The van der Waals surface area contributed by atoms with Crippen LogP contribution in [-0.2, 0) is 16.0 Å². The van der Waals surface area contributed by atoms with Crippen molar-refractivity contribution in [1.29, 1.82) is 0 Å². The Balaban J connectivity index is 1.80. The van der Waals surface area contributed by atoms with Crippen LogP contribution in [0.1, 0.15) is 49.3 Å². The normalized spacial score (nSPS) is 14.4. The smallest absolute Gasteiger partial charge is 0.337 e. The zero-order chi connectivity index (χ0) is 24.7. The first kappa shape index (κ1) is 23.5. The summed E-state index contributed by atoms with van der Waals surface area (Å²) in [6, 6.07) is 16.3. The highest BCUT2D eigenvalue weighted by Gasteiger charge is 2.34. The van der Waals surface area contributed by atoms with Crippen molar-refractivity contribution in [2.45, 2.75) is 52.2 Å². The number of hydrogen-bond donors (Lipinski definition) is 1. The number of para-hydroxylation sites is 1. The van der Waals surface area contributed by atoms with Gasteiger partial charge in [0.15, 0.2) is 6.10 Å². The molecule has 2 aromatic heterocycles. The van der Waals surface area contributed by atoms with Crippen molar-refractivity contribution in [1.82, 2.24) is 4.98 Å². The van der Waals surface area contributed by atoms with Crippen LogP contribution in [0.3, 0.4) is 0 Å². The minimum Gasteiger partial charge on any atom is -0.493 e. The van der Waals surface area contributed by atoms with E-state index >= 15 is 0 Å². The molecule has 1 atom stereocenters. The lowest BCUT2D eigenvalue weighted by Crippen LogP contribution is -2.27. The summed E-state index contributed by atoms with van der Waals surface area (Å²) >= 11 is 1.61. The van der Waals surface area contributed by atoms with Gasteiger partial charge in [-0.1, -0.05) is 24.3 Å². The molecule has 6 heteroatoms. The maximum absolute atomic E-state index is 12.6. The molecular formula is C29H29NO4S. The van der Waals surface area contributed by atoms with Crippen LogP contribution < -0.4 is 4.74 Å². The Hall–Kier alpha value is -3.22. The first-order chi connectivity index (χ1) is 16.7. The van der Waals surface area contributed by atoms with Gasteiger partial charge in [0, 0.05) is 38.0 Å². The predicted octanol–water partition coefficient (Wildman–Crippen LogP) is 7.20. The summed E-state index contributed by atoms with van der Waals surface area (Å²) in [7, 11) is 0. The summed E-state index contributed by atoms with van der Waals surface area (Å²) in [4.78, 5) is 19.0. The van der Waals surface area contributed by atoms with E-state index in [9.17, 15) is 9.90 Å². The van der Waals surface area contributed by atoms with Crippen LogP contribution in [-0.4, -0.2) is 28.3 Å². The van der Waals surface area contributed by atoms with Crippen molar-refractivity contribution < 1.29 is 19.4 Å². The highest BCUT2D eigenvalue weighted by Crippen LogP contribution is 2.49. The van der Waals surface area contributed by atoms with E-state index in [4.69, 9.17) is 9.47 Å². The Kier molecular flexibility index (Phi) is 6.11. The molecule has 0 aliphatic carbocycles. The topological polar surface area (TPSA) is 68.7 Å². The molecule has 0 spiro atoms. The summed E-state index contributed by atoms with van der Waals surface area (Å²) < 4.78 is 12.0. The van der Waals surface area contributed by atoms with Gasteiger partial charge in [-0.05, 0) is 75.9 Å². The Morgan fingerprint density at radius 3 is 2.74 bits per heavy atom. The number of carbonyl (C=O) groups is 1. The van der Waals surface area contributed by atoms with Gasteiger partial charge in [0.2, 0.25) is 0 Å². The number of benzene rings is 2. The molecule has 0 radical (unpaired) electrons. The number of carboxylic acids is 1. The molecule has 0 bridgehead atoms. The van der Waals surface area contributed by atoms with E-state index in [0.717, 1.165) is 68.1 Å². The first-order valence-corrected chi connectivity index (χ1v) is 12.7. The standard InChI is InChI=1S/C29H29NO4S/c1-17-24(26(28(31)32)34-29(2,3)4)25(19-11-12-23-18(16-19)8-7-15-33-23)27(35-17)21-13-14-30-22-10-6-5-9-20(21)22/h5-6,9-14,16,26H,7-8,15H2,1-4H3,(H,31,32). The summed E-state index contributed by atoms with van der Waals surface area (Å²) in [5.74, 6) is -0.0837. The average molecular weight is 488 g/mol. The fourth-order valence-corrected chi connectivity index (χ4v) is 5.99. The number of ether oxygens (including phenoxy) is 2. The number of aliphatic carboxylic acids is 1. The van der Waals surface area contributed by atoms with Crippen LogP contribution in [0.5, 0.6) is 5.75 Å². The number of thiophene rings is 1. The van der Waals surface area contributed by atoms with Crippen molar-refractivity contribution in [3.63, 3.8) is 0 Å². The molecule has 1 aliphatic heterocycles. The second-order valence-electron chi connectivity index (χ2n) is 9.87. The molecule has 2 aromatic carbocycles. The number of hydrogen-bond acceptors (Lipinski definition) is 5. The van der Waals surface area contributed by atoms with E-state index in [0.29, 0.717) is 5.56 Å². The van der Waals surface area contributed by atoms with E-state index in [-0.39, 0.29) is 0 Å². The van der Waals surface area contributed by atoms with Gasteiger partial charge in [0.1, 0.15) is 5.75 Å². The fraction of sp³-hybridized carbons (Fsp3) is 0.310. The molecular weight excluding hydrogens is 458 g/mol. The Bertz CT molecular complexity index is 1410. The van der Waals surface area contributed by atoms with Crippen LogP contribution in [0.25, 0.3) is 32.5 Å². The van der Waals surface area contributed by atoms with Gasteiger partial charge in [-0.2, -0.15) is 0 Å². The lowest BCUT2D eigenvalue weighted by Gasteiger charge is -2.26. The number of aryl methyl sites for hydroxylation is 2. The molecule has 35 heavy (non-hydrogen) atoms. The van der Waals surface area contributed by atoms with Crippen molar-refractivity contribution in [3.8, 4) is 27.3 Å². The summed E-state index contributed by atoms with van der Waals surface area (Å²) in [6.07, 6.45) is 2.64. The number of rotatable bonds is 5. The van der Waals surface area contributed by atoms with Gasteiger partial charge in [0.25, 0.3) is 0 Å². The lowest BCUT2D eigenvalue weighted by molar-refractivity contribution is -0.160. The van der Waals surface area contributed by atoms with Crippen molar-refractivity contribution >= 4 is 28.2 Å². The Labute approximate surface area is 209 Å². The fourth-order valence-electron chi connectivity index (χ4n) is 4.75. The van der Waals surface area contributed by atoms with Crippen molar-refractivity contribution in [2.24, 2.45) is 0 Å². The third-order valence-electron chi connectivity index (χ3n) is 6.18. The third-order valence-corrected chi connectivity index (χ3v) is 7.33. The molecule has 3 heterocycles. The van der Waals surface area contributed by atoms with Gasteiger partial charge in [0.05, 0.1) is 17.7 Å². The van der Waals surface area contributed by atoms with E-state index in [1.165, 1.54) is 0 Å². The molecule has 0 fully saturated rings. The first-order valence-electron chi connectivity index (χ1n) is 11.9. The maximum atomic E-state index is 12.6. The SMILES string of the molecule is Cc1sc(-c2ccnc3ccccc23)c(-c2ccc3c(c2)CCCO3)c1C(OC(C)(C)C)C(=O)O. The van der Waals surface area contributed by atoms with Crippen LogP contribution in [0, 0.1) is 6.92 Å². The minimum atomic E-state index is -1.09. The molecule has 1 aliphatic rings. The van der Waals surface area contributed by atoms with Gasteiger partial charge >= 0.3 is 5.97 Å². The maximum Gasteiger partial charge on any atom is 0.337 e. The van der Waals surface area contributed by atoms with Crippen molar-refractivity contribution in [3.05, 3.63) is 70.7 Å². The van der Waals surface area contributed by atoms with E-state index in [1.54, 1.807) is 11.3 Å². The lowest BCUT2D eigenvalue weighted by atomic mass is 9.91. The molecule has 0 saturated carbocycles. The summed E-state index contributed by atoms with van der Waals surface area (Å²) in [5.41, 5.74) is 5.08. The Morgan fingerprint density at radius 1 is 1.17 bits per heavy atom. The quantitative estimate of drug-likeness (QED) is 0.322. The monoisotopic (exact) mass is 487 g/mol. The number of pyridine rings is 1. The molecule has 5 rings (SSSR count). The van der Waals surface area contributed by atoms with E-state index in [2.05, 4.69) is 17.1 Å². The number of carboxylic acid groups (broad SMARTS) is 1. The highest BCUT2D eigenvalue weighted by atomic mass is 32.1. The number of fused-ring (bicyclic) bond motifs is 2. The largest absolute Gasteiger partial charge is 0.493 e. The molecule has 1 unspecified atom stereocenters. The second kappa shape index (κ2) is 9.10. The molecule has 0 amide bonds. The summed E-state index contributed by atoms with van der Waals surface area (Å²) in [5, 5.41) is 11.3. The summed E-state index contributed by atoms with van der Waals surface area (Å²) in [6.45, 7) is 8.37. The molecule has 5 nitrogen and oxygen atoms in total. The van der Waals surface area contributed by atoms with Crippen LogP contribution >= 0.6 is 11.3 Å². The average Bonchev–Trinajstić information content (AvgIpc) is 3.17. The highest BCUT2D eigenvalue weighted by molar-refractivity contribution is 7.16. The van der Waals surface area contributed by atoms with E-state index in [1.807, 2.05) is 70.3 Å². The third kappa shape index (κ3) is 4.56. The van der Waals surface area contributed by atoms with Gasteiger partial charge in [-0.25, -0.2) is 4.79 Å². The zero-order valence-corrected chi connectivity index (χ0v) is 21.2. The number of aromatic nitrogens is 1. The molecule has 180 valence electrons. The van der Waals surface area contributed by atoms with Crippen LogP contribution in [0.4, 0.5) is 0 Å².